The molecule has 2 aromatic carbocycles. The first kappa shape index (κ1) is 25.4. The van der Waals surface area contributed by atoms with Gasteiger partial charge in [0.1, 0.15) is 5.82 Å². The molecule has 0 bridgehead atoms. The molecular formula is C25H22ClN7O4S. The number of anilines is 2. The molecule has 0 saturated heterocycles. The number of oxime groups is 1. The van der Waals surface area contributed by atoms with Gasteiger partial charge in [-0.3, -0.25) is 9.48 Å². The lowest BCUT2D eigenvalue weighted by Crippen LogP contribution is -2.47. The molecule has 38 heavy (non-hydrogen) atoms. The second-order valence-electron chi connectivity index (χ2n) is 8.67. The molecule has 3 heterocycles. The SMILES string of the molecule is Nc1cc(C2=NO[C@@](Cn3cccn3)(C(=O)Nc3ccc(-c4ccccc4S(N)(=O)=O)cn3)C2)ccc1Cl. The van der Waals surface area contributed by atoms with Gasteiger partial charge >= 0.3 is 0 Å². The van der Waals surface area contributed by atoms with E-state index in [1.165, 1.54) is 12.3 Å². The zero-order chi connectivity index (χ0) is 26.9. The van der Waals surface area contributed by atoms with E-state index in [-0.39, 0.29) is 23.7 Å². The molecule has 0 radical (unpaired) electrons. The van der Waals surface area contributed by atoms with Gasteiger partial charge in [0.05, 0.1) is 27.9 Å². The monoisotopic (exact) mass is 551 g/mol. The average molecular weight is 552 g/mol. The number of pyridine rings is 1. The highest BCUT2D eigenvalue weighted by Gasteiger charge is 2.48. The van der Waals surface area contributed by atoms with E-state index in [0.717, 1.165) is 0 Å². The summed E-state index contributed by atoms with van der Waals surface area (Å²) in [6.45, 7) is 0.0850. The highest BCUT2D eigenvalue weighted by molar-refractivity contribution is 7.89. The highest BCUT2D eigenvalue weighted by atomic mass is 35.5. The van der Waals surface area contributed by atoms with E-state index >= 15 is 0 Å². The van der Waals surface area contributed by atoms with Crippen molar-refractivity contribution < 1.29 is 18.0 Å². The van der Waals surface area contributed by atoms with Crippen LogP contribution in [0.2, 0.25) is 5.02 Å². The number of primary sulfonamides is 1. The van der Waals surface area contributed by atoms with Crippen molar-refractivity contribution in [2.24, 2.45) is 10.3 Å². The molecule has 1 aliphatic heterocycles. The van der Waals surface area contributed by atoms with Crippen LogP contribution in [0.1, 0.15) is 12.0 Å². The van der Waals surface area contributed by atoms with Gasteiger partial charge in [0, 0.05) is 41.7 Å². The Morgan fingerprint density at radius 3 is 2.61 bits per heavy atom. The van der Waals surface area contributed by atoms with Gasteiger partial charge in [-0.25, -0.2) is 18.5 Å². The number of sulfonamides is 1. The summed E-state index contributed by atoms with van der Waals surface area (Å²) < 4.78 is 25.5. The van der Waals surface area contributed by atoms with Crippen LogP contribution in [0.25, 0.3) is 11.1 Å². The minimum Gasteiger partial charge on any atom is -0.398 e. The Hall–Kier alpha value is -4.26. The molecule has 4 aromatic rings. The highest BCUT2D eigenvalue weighted by Crippen LogP contribution is 2.32. The van der Waals surface area contributed by atoms with Crippen LogP contribution >= 0.6 is 11.6 Å². The number of hydrogen-bond acceptors (Lipinski definition) is 8. The second-order valence-corrected chi connectivity index (χ2v) is 10.6. The lowest BCUT2D eigenvalue weighted by molar-refractivity contribution is -0.140. The summed E-state index contributed by atoms with van der Waals surface area (Å²) >= 11 is 6.05. The van der Waals surface area contributed by atoms with Crippen LogP contribution in [0.15, 0.2) is 89.3 Å². The van der Waals surface area contributed by atoms with Gasteiger partial charge in [0.15, 0.2) is 0 Å². The Morgan fingerprint density at radius 1 is 1.13 bits per heavy atom. The molecule has 0 spiro atoms. The molecule has 5 N–H and O–H groups in total. The molecule has 13 heteroatoms. The van der Waals surface area contributed by atoms with Gasteiger partial charge in [-0.1, -0.05) is 41.0 Å². The normalized spacial score (nSPS) is 17.1. The Balaban J connectivity index is 1.39. The van der Waals surface area contributed by atoms with E-state index in [2.05, 4.69) is 20.6 Å². The molecule has 0 unspecified atom stereocenters. The fraction of sp³-hybridized carbons (Fsp3) is 0.120. The van der Waals surface area contributed by atoms with E-state index in [4.69, 9.17) is 27.3 Å². The maximum atomic E-state index is 13.6. The first-order chi connectivity index (χ1) is 18.1. The number of nitrogens with zero attached hydrogens (tertiary/aromatic N) is 4. The van der Waals surface area contributed by atoms with E-state index in [9.17, 15) is 13.2 Å². The van der Waals surface area contributed by atoms with Gasteiger partial charge in [0.2, 0.25) is 15.6 Å². The maximum absolute atomic E-state index is 13.6. The minimum atomic E-state index is -3.94. The second kappa shape index (κ2) is 9.89. The summed E-state index contributed by atoms with van der Waals surface area (Å²) in [5.74, 6) is -0.252. The minimum absolute atomic E-state index is 0.0244. The van der Waals surface area contributed by atoms with Crippen molar-refractivity contribution in [2.45, 2.75) is 23.5 Å². The standard InChI is InChI=1S/C25H22ClN7O4S/c26-19-8-6-16(12-20(19)27)21-13-25(37-32-21,15-33-11-3-10-30-33)24(34)31-23-9-7-17(14-29-23)18-4-1-2-5-22(18)38(28,35)36/h1-12,14H,13,15,27H2,(H2,28,35,36)(H,29,31,34)/t25-/m0/s1. The molecule has 0 saturated carbocycles. The summed E-state index contributed by atoms with van der Waals surface area (Å²) in [4.78, 5) is 23.6. The van der Waals surface area contributed by atoms with Gasteiger partial charge in [-0.15, -0.1) is 0 Å². The van der Waals surface area contributed by atoms with E-state index < -0.39 is 21.5 Å². The van der Waals surface area contributed by atoms with Crippen LogP contribution in [0.3, 0.4) is 0 Å². The summed E-state index contributed by atoms with van der Waals surface area (Å²) in [5, 5.41) is 16.9. The maximum Gasteiger partial charge on any atom is 0.274 e. The fourth-order valence-corrected chi connectivity index (χ4v) is 4.98. The average Bonchev–Trinajstić information content (AvgIpc) is 3.57. The van der Waals surface area contributed by atoms with Crippen LogP contribution in [0, 0.1) is 0 Å². The van der Waals surface area contributed by atoms with Crippen LogP contribution in [-0.4, -0.2) is 40.4 Å². The molecule has 194 valence electrons. The Labute approximate surface area is 223 Å². The predicted octanol–water partition coefficient (Wildman–Crippen LogP) is 3.03. The number of halogens is 1. The lowest BCUT2D eigenvalue weighted by Gasteiger charge is -2.25. The van der Waals surface area contributed by atoms with E-state index in [1.807, 2.05) is 0 Å². The number of amides is 1. The van der Waals surface area contributed by atoms with Gasteiger partial charge in [-0.05, 0) is 36.4 Å². The summed E-state index contributed by atoms with van der Waals surface area (Å²) in [5.41, 5.74) is 7.03. The first-order valence-corrected chi connectivity index (χ1v) is 13.2. The molecule has 1 atom stereocenters. The number of nitrogens with one attached hydrogen (secondary N) is 1. The number of rotatable bonds is 7. The first-order valence-electron chi connectivity index (χ1n) is 11.3. The predicted molar refractivity (Wildman–Crippen MR) is 143 cm³/mol. The molecule has 0 aliphatic carbocycles. The Kier molecular flexibility index (Phi) is 6.61. The smallest absolute Gasteiger partial charge is 0.274 e. The molecule has 0 fully saturated rings. The van der Waals surface area contributed by atoms with Gasteiger partial charge in [0.25, 0.3) is 5.91 Å². The van der Waals surface area contributed by atoms with Crippen molar-refractivity contribution in [2.75, 3.05) is 11.1 Å². The topological polar surface area (TPSA) is 168 Å². The van der Waals surface area contributed by atoms with Crippen molar-refractivity contribution in [3.8, 4) is 11.1 Å². The van der Waals surface area contributed by atoms with Gasteiger partial charge in [-0.2, -0.15) is 5.10 Å². The van der Waals surface area contributed by atoms with Crippen molar-refractivity contribution in [3.05, 3.63) is 89.8 Å². The third-order valence-electron chi connectivity index (χ3n) is 6.01. The number of carbonyl (C=O) groups excluding carboxylic acids is 1. The number of carbonyl (C=O) groups is 1. The van der Waals surface area contributed by atoms with Gasteiger partial charge < -0.3 is 15.9 Å². The Morgan fingerprint density at radius 2 is 1.92 bits per heavy atom. The van der Waals surface area contributed by atoms with E-state index in [0.29, 0.717) is 33.1 Å². The molecule has 5 rings (SSSR count). The molecule has 1 amide bonds. The third-order valence-corrected chi connectivity index (χ3v) is 7.33. The zero-order valence-corrected chi connectivity index (χ0v) is 21.4. The van der Waals surface area contributed by atoms with Crippen LogP contribution in [0.4, 0.5) is 11.5 Å². The van der Waals surface area contributed by atoms with Crippen LogP contribution in [-0.2, 0) is 26.2 Å². The summed E-state index contributed by atoms with van der Waals surface area (Å²) in [6, 6.07) is 16.3. The van der Waals surface area contributed by atoms with Crippen LogP contribution < -0.4 is 16.2 Å². The molecule has 11 nitrogen and oxygen atoms in total. The number of nitrogens with two attached hydrogens (primary N) is 2. The van der Waals surface area contributed by atoms with E-state index in [1.54, 1.807) is 71.7 Å². The third kappa shape index (κ3) is 5.09. The largest absolute Gasteiger partial charge is 0.398 e. The quantitative estimate of drug-likeness (QED) is 0.296. The molecular weight excluding hydrogens is 530 g/mol. The zero-order valence-electron chi connectivity index (χ0n) is 19.8. The van der Waals surface area contributed by atoms with Crippen molar-refractivity contribution in [1.82, 2.24) is 14.8 Å². The summed E-state index contributed by atoms with van der Waals surface area (Å²) in [7, 11) is -3.94. The number of hydrogen-bond donors (Lipinski definition) is 3. The van der Waals surface area contributed by atoms with Crippen molar-refractivity contribution in [1.29, 1.82) is 0 Å². The molecule has 2 aromatic heterocycles. The number of benzene rings is 2. The van der Waals surface area contributed by atoms with Crippen molar-refractivity contribution >= 4 is 44.7 Å². The molecule has 1 aliphatic rings. The Bertz CT molecular complexity index is 1640. The van der Waals surface area contributed by atoms with Crippen molar-refractivity contribution in [3.63, 3.8) is 0 Å². The number of aromatic nitrogens is 3. The summed E-state index contributed by atoms with van der Waals surface area (Å²) in [6.07, 6.45) is 4.90. The fourth-order valence-electron chi connectivity index (χ4n) is 4.10. The van der Waals surface area contributed by atoms with Crippen LogP contribution in [0.5, 0.6) is 0 Å². The lowest BCUT2D eigenvalue weighted by atomic mass is 9.92. The number of nitrogen functional groups attached to an aromatic ring is 1.